The molecule has 1 aromatic carbocycles. The summed E-state index contributed by atoms with van der Waals surface area (Å²) >= 11 is 0. The minimum absolute atomic E-state index is 0.0464. The molecule has 1 amide bonds. The van der Waals surface area contributed by atoms with E-state index in [4.69, 9.17) is 9.84 Å². The molecule has 0 spiro atoms. The standard InChI is InChI=1S/C18H24N2O5/c1-2-20-12-18(17(23)24)11-19(10-15(18)16(20)22)9-13-4-3-5-14(8-13)25-7-6-21/h3-5,8,15,21H,2,6-7,9-12H2,1H3,(H,23,24)/t15-,18-/m1/s1. The average Bonchev–Trinajstić information content (AvgIpc) is 3.08. The van der Waals surface area contributed by atoms with Crippen molar-refractivity contribution in [1.29, 1.82) is 0 Å². The van der Waals surface area contributed by atoms with Gasteiger partial charge in [0.15, 0.2) is 0 Å². The molecule has 7 nitrogen and oxygen atoms in total. The number of carboxylic acids is 1. The Morgan fingerprint density at radius 2 is 2.20 bits per heavy atom. The number of carbonyl (C=O) groups is 2. The number of aliphatic hydroxyl groups excluding tert-OH is 1. The molecule has 136 valence electrons. The number of amides is 1. The van der Waals surface area contributed by atoms with E-state index in [1.54, 1.807) is 4.90 Å². The van der Waals surface area contributed by atoms with Gasteiger partial charge in [-0.15, -0.1) is 0 Å². The Kier molecular flexibility index (Phi) is 4.96. The van der Waals surface area contributed by atoms with Crippen LogP contribution >= 0.6 is 0 Å². The van der Waals surface area contributed by atoms with Gasteiger partial charge in [0.2, 0.25) is 5.91 Å². The second-order valence-corrected chi connectivity index (χ2v) is 6.76. The SMILES string of the molecule is CCN1C[C@]2(C(=O)O)CN(Cc3cccc(OCCO)c3)C[C@@H]2C1=O. The number of aliphatic hydroxyl groups is 1. The lowest BCUT2D eigenvalue weighted by atomic mass is 9.81. The highest BCUT2D eigenvalue weighted by molar-refractivity contribution is 5.92. The largest absolute Gasteiger partial charge is 0.491 e. The van der Waals surface area contributed by atoms with Crippen molar-refractivity contribution in [3.8, 4) is 5.75 Å². The van der Waals surface area contributed by atoms with Gasteiger partial charge in [-0.2, -0.15) is 0 Å². The Balaban J connectivity index is 1.72. The molecule has 2 aliphatic heterocycles. The van der Waals surface area contributed by atoms with Crippen LogP contribution in [0.5, 0.6) is 5.75 Å². The van der Waals surface area contributed by atoms with Crippen molar-refractivity contribution >= 4 is 11.9 Å². The molecule has 2 N–H and O–H groups in total. The molecule has 2 atom stereocenters. The summed E-state index contributed by atoms with van der Waals surface area (Å²) in [6.07, 6.45) is 0. The van der Waals surface area contributed by atoms with Crippen LogP contribution in [0.1, 0.15) is 12.5 Å². The maximum absolute atomic E-state index is 12.5. The van der Waals surface area contributed by atoms with Crippen molar-refractivity contribution in [3.63, 3.8) is 0 Å². The van der Waals surface area contributed by atoms with Crippen LogP contribution in [0, 0.1) is 11.3 Å². The van der Waals surface area contributed by atoms with Crippen molar-refractivity contribution in [2.75, 3.05) is 39.4 Å². The van der Waals surface area contributed by atoms with Gasteiger partial charge in [0.05, 0.1) is 12.5 Å². The van der Waals surface area contributed by atoms with Crippen LogP contribution in [0.3, 0.4) is 0 Å². The molecule has 2 aliphatic rings. The zero-order valence-corrected chi connectivity index (χ0v) is 14.4. The van der Waals surface area contributed by atoms with E-state index in [9.17, 15) is 14.7 Å². The molecule has 0 unspecified atom stereocenters. The maximum Gasteiger partial charge on any atom is 0.313 e. The number of aliphatic carboxylic acids is 1. The van der Waals surface area contributed by atoms with Gasteiger partial charge in [-0.25, -0.2) is 0 Å². The van der Waals surface area contributed by atoms with Crippen molar-refractivity contribution in [1.82, 2.24) is 9.80 Å². The van der Waals surface area contributed by atoms with E-state index in [1.807, 2.05) is 36.1 Å². The molecule has 2 saturated heterocycles. The van der Waals surface area contributed by atoms with Crippen LogP contribution in [0.25, 0.3) is 0 Å². The molecular formula is C18H24N2O5. The van der Waals surface area contributed by atoms with Crippen molar-refractivity contribution < 1.29 is 24.5 Å². The molecule has 0 saturated carbocycles. The van der Waals surface area contributed by atoms with Crippen LogP contribution in [-0.2, 0) is 16.1 Å². The van der Waals surface area contributed by atoms with Crippen molar-refractivity contribution in [2.24, 2.45) is 11.3 Å². The molecule has 0 aliphatic carbocycles. The monoisotopic (exact) mass is 348 g/mol. The zero-order chi connectivity index (χ0) is 18.0. The number of fused-ring (bicyclic) bond motifs is 1. The molecular weight excluding hydrogens is 324 g/mol. The lowest BCUT2D eigenvalue weighted by molar-refractivity contribution is -0.149. The Hall–Kier alpha value is -2.12. The smallest absolute Gasteiger partial charge is 0.313 e. The molecule has 2 heterocycles. The number of nitrogens with zero attached hydrogens (tertiary/aromatic N) is 2. The number of benzene rings is 1. The summed E-state index contributed by atoms with van der Waals surface area (Å²) in [4.78, 5) is 28.1. The second kappa shape index (κ2) is 7.01. The van der Waals surface area contributed by atoms with Crippen LogP contribution in [0.4, 0.5) is 0 Å². The van der Waals surface area contributed by atoms with Gasteiger partial charge >= 0.3 is 5.97 Å². The molecule has 7 heteroatoms. The van der Waals surface area contributed by atoms with Crippen LogP contribution in [0.2, 0.25) is 0 Å². The zero-order valence-electron chi connectivity index (χ0n) is 14.4. The van der Waals surface area contributed by atoms with E-state index in [1.165, 1.54) is 0 Å². The van der Waals surface area contributed by atoms with Crippen LogP contribution in [0.15, 0.2) is 24.3 Å². The predicted octanol–water partition coefficient (Wildman–Crippen LogP) is 0.423. The normalized spacial score (nSPS) is 26.1. The average molecular weight is 348 g/mol. The van der Waals surface area contributed by atoms with Gasteiger partial charge in [0.25, 0.3) is 0 Å². The number of ether oxygens (including phenoxy) is 1. The Labute approximate surface area is 146 Å². The van der Waals surface area contributed by atoms with E-state index in [2.05, 4.69) is 0 Å². The number of hydrogen-bond acceptors (Lipinski definition) is 5. The molecule has 1 aromatic rings. The molecule has 25 heavy (non-hydrogen) atoms. The van der Waals surface area contributed by atoms with E-state index in [0.717, 1.165) is 5.56 Å². The summed E-state index contributed by atoms with van der Waals surface area (Å²) < 4.78 is 5.42. The van der Waals surface area contributed by atoms with Gasteiger partial charge in [0, 0.05) is 32.7 Å². The first-order valence-electron chi connectivity index (χ1n) is 8.57. The lowest BCUT2D eigenvalue weighted by Crippen LogP contribution is -2.40. The van der Waals surface area contributed by atoms with E-state index >= 15 is 0 Å². The summed E-state index contributed by atoms with van der Waals surface area (Å²) in [5.41, 5.74) is -0.00583. The molecule has 0 aromatic heterocycles. The first-order chi connectivity index (χ1) is 12.0. The van der Waals surface area contributed by atoms with Crippen LogP contribution in [-0.4, -0.2) is 71.3 Å². The van der Waals surface area contributed by atoms with Crippen molar-refractivity contribution in [2.45, 2.75) is 13.5 Å². The molecule has 2 fully saturated rings. The lowest BCUT2D eigenvalue weighted by Gasteiger charge is -2.24. The number of carboxylic acid groups (broad SMARTS) is 1. The Morgan fingerprint density at radius 1 is 1.40 bits per heavy atom. The Morgan fingerprint density at radius 3 is 2.84 bits per heavy atom. The quantitative estimate of drug-likeness (QED) is 0.742. The van der Waals surface area contributed by atoms with Gasteiger partial charge in [-0.1, -0.05) is 12.1 Å². The summed E-state index contributed by atoms with van der Waals surface area (Å²) in [6.45, 7) is 4.31. The summed E-state index contributed by atoms with van der Waals surface area (Å²) in [6, 6.07) is 7.53. The highest BCUT2D eigenvalue weighted by atomic mass is 16.5. The highest BCUT2D eigenvalue weighted by Crippen LogP contribution is 2.44. The van der Waals surface area contributed by atoms with Gasteiger partial charge in [-0.05, 0) is 24.6 Å². The second-order valence-electron chi connectivity index (χ2n) is 6.76. The van der Waals surface area contributed by atoms with Gasteiger partial charge in [0.1, 0.15) is 17.8 Å². The van der Waals surface area contributed by atoms with E-state index in [-0.39, 0.29) is 19.1 Å². The third-order valence-corrected chi connectivity index (χ3v) is 5.17. The van der Waals surface area contributed by atoms with Crippen molar-refractivity contribution in [3.05, 3.63) is 29.8 Å². The van der Waals surface area contributed by atoms with E-state index in [0.29, 0.717) is 38.5 Å². The number of carbonyl (C=O) groups excluding carboxylic acids is 1. The predicted molar refractivity (Wildman–Crippen MR) is 90.1 cm³/mol. The fourth-order valence-electron chi connectivity index (χ4n) is 3.95. The van der Waals surface area contributed by atoms with Crippen LogP contribution < -0.4 is 4.74 Å². The number of likely N-dealkylation sites (tertiary alicyclic amines) is 2. The molecule has 3 rings (SSSR count). The number of rotatable bonds is 7. The minimum atomic E-state index is -1.00. The topological polar surface area (TPSA) is 90.3 Å². The maximum atomic E-state index is 12.5. The minimum Gasteiger partial charge on any atom is -0.491 e. The van der Waals surface area contributed by atoms with E-state index < -0.39 is 17.3 Å². The highest BCUT2D eigenvalue weighted by Gasteiger charge is 2.61. The Bertz CT molecular complexity index is 665. The summed E-state index contributed by atoms with van der Waals surface area (Å²) in [7, 11) is 0. The fourth-order valence-corrected chi connectivity index (χ4v) is 3.95. The molecule has 0 radical (unpaired) electrons. The summed E-state index contributed by atoms with van der Waals surface area (Å²) in [5, 5.41) is 18.6. The van der Waals surface area contributed by atoms with Gasteiger partial charge in [-0.3, -0.25) is 14.5 Å². The molecule has 0 bridgehead atoms. The third kappa shape index (κ3) is 3.21. The summed E-state index contributed by atoms with van der Waals surface area (Å²) in [5.74, 6) is -0.734. The third-order valence-electron chi connectivity index (χ3n) is 5.17. The number of hydrogen-bond donors (Lipinski definition) is 2. The fraction of sp³-hybridized carbons (Fsp3) is 0.556. The first-order valence-corrected chi connectivity index (χ1v) is 8.57. The van der Waals surface area contributed by atoms with Gasteiger partial charge < -0.3 is 19.8 Å². The first kappa shape index (κ1) is 17.7.